The standard InChI is InChI=1S/C16H25NO2/c1-3-5-12-17(13-6-4-2)16(19)15(18)14-10-8-7-9-11-14/h7-11,15,18H,3-6,12-13H2,1-2H3. The summed E-state index contributed by atoms with van der Waals surface area (Å²) < 4.78 is 0. The van der Waals surface area contributed by atoms with E-state index in [-0.39, 0.29) is 5.91 Å². The Balaban J connectivity index is 2.68. The SMILES string of the molecule is CCCCN(CCCC)C(=O)C(O)c1ccccc1. The second kappa shape index (κ2) is 8.70. The average Bonchev–Trinajstić information content (AvgIpc) is 2.47. The second-order valence-electron chi connectivity index (χ2n) is 4.85. The number of aliphatic hydroxyl groups excluding tert-OH is 1. The molecule has 0 saturated heterocycles. The van der Waals surface area contributed by atoms with Gasteiger partial charge in [-0.3, -0.25) is 4.79 Å². The smallest absolute Gasteiger partial charge is 0.256 e. The largest absolute Gasteiger partial charge is 0.378 e. The summed E-state index contributed by atoms with van der Waals surface area (Å²) in [5.74, 6) is -0.173. The van der Waals surface area contributed by atoms with Gasteiger partial charge in [0, 0.05) is 13.1 Å². The molecule has 106 valence electrons. The predicted molar refractivity (Wildman–Crippen MR) is 77.8 cm³/mol. The Morgan fingerprint density at radius 2 is 1.63 bits per heavy atom. The maximum absolute atomic E-state index is 12.3. The van der Waals surface area contributed by atoms with Crippen LogP contribution in [0.1, 0.15) is 51.2 Å². The number of amides is 1. The third-order valence-electron chi connectivity index (χ3n) is 3.22. The molecule has 1 aromatic carbocycles. The summed E-state index contributed by atoms with van der Waals surface area (Å²) in [6.07, 6.45) is 3.04. The van der Waals surface area contributed by atoms with Crippen molar-refractivity contribution in [1.29, 1.82) is 0 Å². The molecular weight excluding hydrogens is 238 g/mol. The number of benzene rings is 1. The first-order valence-corrected chi connectivity index (χ1v) is 7.22. The highest BCUT2D eigenvalue weighted by Crippen LogP contribution is 2.16. The van der Waals surface area contributed by atoms with Gasteiger partial charge in [0.1, 0.15) is 0 Å². The zero-order valence-corrected chi connectivity index (χ0v) is 12.0. The van der Waals surface area contributed by atoms with Gasteiger partial charge in [-0.2, -0.15) is 0 Å². The summed E-state index contributed by atoms with van der Waals surface area (Å²) in [5.41, 5.74) is 0.672. The van der Waals surface area contributed by atoms with Crippen molar-refractivity contribution in [3.05, 3.63) is 35.9 Å². The summed E-state index contributed by atoms with van der Waals surface area (Å²) >= 11 is 0. The van der Waals surface area contributed by atoms with E-state index in [1.54, 1.807) is 17.0 Å². The van der Waals surface area contributed by atoms with Crippen LogP contribution >= 0.6 is 0 Å². The molecule has 1 N–H and O–H groups in total. The first-order valence-electron chi connectivity index (χ1n) is 7.22. The zero-order chi connectivity index (χ0) is 14.1. The summed E-state index contributed by atoms with van der Waals surface area (Å²) in [4.78, 5) is 14.1. The van der Waals surface area contributed by atoms with Gasteiger partial charge >= 0.3 is 0 Å². The molecule has 1 rings (SSSR count). The number of hydrogen-bond donors (Lipinski definition) is 1. The highest BCUT2D eigenvalue weighted by Gasteiger charge is 2.22. The molecule has 3 heteroatoms. The van der Waals surface area contributed by atoms with Gasteiger partial charge in [-0.1, -0.05) is 57.0 Å². The summed E-state index contributed by atoms with van der Waals surface area (Å²) in [7, 11) is 0. The Kier molecular flexibility index (Phi) is 7.19. The molecule has 3 nitrogen and oxygen atoms in total. The topological polar surface area (TPSA) is 40.5 Å². The number of carbonyl (C=O) groups excluding carboxylic acids is 1. The molecule has 0 radical (unpaired) electrons. The first kappa shape index (κ1) is 15.7. The summed E-state index contributed by atoms with van der Waals surface area (Å²) in [5, 5.41) is 10.2. The van der Waals surface area contributed by atoms with Crippen molar-refractivity contribution in [1.82, 2.24) is 4.90 Å². The molecule has 0 aliphatic heterocycles. The van der Waals surface area contributed by atoms with E-state index in [0.717, 1.165) is 38.8 Å². The lowest BCUT2D eigenvalue weighted by Gasteiger charge is -2.25. The van der Waals surface area contributed by atoms with Crippen molar-refractivity contribution >= 4 is 5.91 Å². The van der Waals surface area contributed by atoms with Crippen LogP contribution in [0.3, 0.4) is 0 Å². The van der Waals surface area contributed by atoms with E-state index < -0.39 is 6.10 Å². The second-order valence-corrected chi connectivity index (χ2v) is 4.85. The molecule has 1 unspecified atom stereocenters. The van der Waals surface area contributed by atoms with Gasteiger partial charge in [0.2, 0.25) is 0 Å². The molecule has 0 fully saturated rings. The van der Waals surface area contributed by atoms with E-state index in [1.165, 1.54) is 0 Å². The molecule has 0 saturated carbocycles. The minimum atomic E-state index is -1.03. The van der Waals surface area contributed by atoms with Crippen LogP contribution in [0, 0.1) is 0 Å². The van der Waals surface area contributed by atoms with Crippen LogP contribution in [0.5, 0.6) is 0 Å². The third-order valence-corrected chi connectivity index (χ3v) is 3.22. The minimum absolute atomic E-state index is 0.173. The van der Waals surface area contributed by atoms with Crippen molar-refractivity contribution in [2.45, 2.75) is 45.6 Å². The number of aliphatic hydroxyl groups is 1. The quantitative estimate of drug-likeness (QED) is 0.782. The third kappa shape index (κ3) is 5.03. The maximum Gasteiger partial charge on any atom is 0.256 e. The van der Waals surface area contributed by atoms with E-state index in [0.29, 0.717) is 5.56 Å². The van der Waals surface area contributed by atoms with Crippen LogP contribution in [0.2, 0.25) is 0 Å². The molecule has 1 atom stereocenters. The van der Waals surface area contributed by atoms with Gasteiger partial charge in [0.25, 0.3) is 5.91 Å². The van der Waals surface area contributed by atoms with Gasteiger partial charge in [0.05, 0.1) is 0 Å². The van der Waals surface area contributed by atoms with Crippen molar-refractivity contribution in [3.8, 4) is 0 Å². The molecule has 0 aliphatic rings. The normalized spacial score (nSPS) is 12.2. The highest BCUT2D eigenvalue weighted by molar-refractivity contribution is 5.82. The summed E-state index contributed by atoms with van der Waals surface area (Å²) in [6.45, 7) is 5.69. The van der Waals surface area contributed by atoms with Crippen LogP contribution in [0.15, 0.2) is 30.3 Å². The fraction of sp³-hybridized carbons (Fsp3) is 0.562. The molecule has 0 aromatic heterocycles. The minimum Gasteiger partial charge on any atom is -0.378 e. The molecule has 0 aliphatic carbocycles. The van der Waals surface area contributed by atoms with Crippen LogP contribution < -0.4 is 0 Å². The highest BCUT2D eigenvalue weighted by atomic mass is 16.3. The van der Waals surface area contributed by atoms with Crippen molar-refractivity contribution in [2.75, 3.05) is 13.1 Å². The van der Waals surface area contributed by atoms with E-state index >= 15 is 0 Å². The number of nitrogens with zero attached hydrogens (tertiary/aromatic N) is 1. The van der Waals surface area contributed by atoms with Gasteiger partial charge in [0.15, 0.2) is 6.10 Å². The fourth-order valence-electron chi connectivity index (χ4n) is 1.98. The van der Waals surface area contributed by atoms with Crippen molar-refractivity contribution in [2.24, 2.45) is 0 Å². The van der Waals surface area contributed by atoms with Gasteiger partial charge in [-0.15, -0.1) is 0 Å². The zero-order valence-electron chi connectivity index (χ0n) is 12.0. The molecule has 1 aromatic rings. The van der Waals surface area contributed by atoms with Crippen LogP contribution in [-0.2, 0) is 4.79 Å². The first-order chi connectivity index (χ1) is 9.20. The molecule has 19 heavy (non-hydrogen) atoms. The Bertz CT molecular complexity index is 356. The Labute approximate surface area is 116 Å². The number of unbranched alkanes of at least 4 members (excludes halogenated alkanes) is 2. The van der Waals surface area contributed by atoms with E-state index in [2.05, 4.69) is 13.8 Å². The van der Waals surface area contributed by atoms with Crippen molar-refractivity contribution < 1.29 is 9.90 Å². The van der Waals surface area contributed by atoms with Gasteiger partial charge < -0.3 is 10.0 Å². The lowest BCUT2D eigenvalue weighted by Crippen LogP contribution is -2.36. The fourth-order valence-corrected chi connectivity index (χ4v) is 1.98. The number of rotatable bonds is 8. The Morgan fingerprint density at radius 1 is 1.11 bits per heavy atom. The van der Waals surface area contributed by atoms with Gasteiger partial charge in [-0.25, -0.2) is 0 Å². The molecular formula is C16H25NO2. The van der Waals surface area contributed by atoms with Crippen molar-refractivity contribution in [3.63, 3.8) is 0 Å². The predicted octanol–water partition coefficient (Wildman–Crippen LogP) is 3.15. The van der Waals surface area contributed by atoms with E-state index in [4.69, 9.17) is 0 Å². The van der Waals surface area contributed by atoms with Crippen LogP contribution in [0.4, 0.5) is 0 Å². The van der Waals surface area contributed by atoms with E-state index in [1.807, 2.05) is 18.2 Å². The maximum atomic E-state index is 12.3. The summed E-state index contributed by atoms with van der Waals surface area (Å²) in [6, 6.07) is 9.15. The van der Waals surface area contributed by atoms with Gasteiger partial charge in [-0.05, 0) is 18.4 Å². The Hall–Kier alpha value is -1.35. The molecule has 0 heterocycles. The monoisotopic (exact) mass is 263 g/mol. The Morgan fingerprint density at radius 3 is 2.11 bits per heavy atom. The molecule has 0 bridgehead atoms. The number of hydrogen-bond acceptors (Lipinski definition) is 2. The van der Waals surface area contributed by atoms with Crippen LogP contribution in [0.25, 0.3) is 0 Å². The van der Waals surface area contributed by atoms with E-state index in [9.17, 15) is 9.90 Å². The number of carbonyl (C=O) groups is 1. The average molecular weight is 263 g/mol. The van der Waals surface area contributed by atoms with Crippen LogP contribution in [-0.4, -0.2) is 29.0 Å². The molecule has 1 amide bonds. The lowest BCUT2D eigenvalue weighted by molar-refractivity contribution is -0.140. The lowest BCUT2D eigenvalue weighted by atomic mass is 10.1. The molecule has 0 spiro atoms.